The molecule has 1 amide bonds. The molecular formula is C12H23ClN2O2. The first-order valence-corrected chi connectivity index (χ1v) is 6.18. The Kier molecular flexibility index (Phi) is 4.67. The van der Waals surface area contributed by atoms with Gasteiger partial charge < -0.3 is 15.0 Å². The molecular weight excluding hydrogens is 240 g/mol. The van der Waals surface area contributed by atoms with E-state index in [1.54, 1.807) is 0 Å². The van der Waals surface area contributed by atoms with Crippen LogP contribution in [0.1, 0.15) is 33.6 Å². The van der Waals surface area contributed by atoms with Crippen molar-refractivity contribution >= 4 is 18.5 Å². The summed E-state index contributed by atoms with van der Waals surface area (Å²) in [7, 11) is 0. The van der Waals surface area contributed by atoms with E-state index >= 15 is 0 Å². The van der Waals surface area contributed by atoms with Gasteiger partial charge in [0.1, 0.15) is 5.60 Å². The van der Waals surface area contributed by atoms with Gasteiger partial charge in [0, 0.05) is 19.6 Å². The number of carbonyl (C=O) groups is 1. The molecule has 1 aliphatic heterocycles. The Morgan fingerprint density at radius 1 is 1.35 bits per heavy atom. The van der Waals surface area contributed by atoms with Crippen molar-refractivity contribution in [3.8, 4) is 0 Å². The van der Waals surface area contributed by atoms with Crippen LogP contribution in [0.25, 0.3) is 0 Å². The molecule has 1 atom stereocenters. The molecule has 0 spiro atoms. The number of nitrogens with zero attached hydrogens (tertiary/aromatic N) is 1. The first-order chi connectivity index (χ1) is 7.47. The first kappa shape index (κ1) is 14.6. The van der Waals surface area contributed by atoms with Crippen molar-refractivity contribution in [1.82, 2.24) is 10.2 Å². The Hall–Kier alpha value is -0.480. The second-order valence-corrected chi connectivity index (χ2v) is 5.78. The van der Waals surface area contributed by atoms with Crippen LogP contribution in [-0.4, -0.2) is 42.3 Å². The van der Waals surface area contributed by atoms with Crippen molar-refractivity contribution < 1.29 is 9.53 Å². The quantitative estimate of drug-likeness (QED) is 0.786. The van der Waals surface area contributed by atoms with Gasteiger partial charge in [0.05, 0.1) is 6.04 Å². The average Bonchev–Trinajstić information content (AvgIpc) is 2.98. The normalized spacial score (nSPS) is 25.1. The Balaban J connectivity index is 0.00000144. The Morgan fingerprint density at radius 2 is 2.00 bits per heavy atom. The van der Waals surface area contributed by atoms with Crippen LogP contribution >= 0.6 is 12.4 Å². The number of hydrogen-bond donors (Lipinski definition) is 1. The molecule has 5 heteroatoms. The molecule has 1 saturated heterocycles. The zero-order valence-electron chi connectivity index (χ0n) is 10.9. The third-order valence-corrected chi connectivity index (χ3v) is 3.08. The minimum absolute atomic E-state index is 0. The molecule has 0 aromatic carbocycles. The van der Waals surface area contributed by atoms with Crippen LogP contribution in [0.2, 0.25) is 0 Å². The van der Waals surface area contributed by atoms with E-state index in [9.17, 15) is 4.79 Å². The summed E-state index contributed by atoms with van der Waals surface area (Å²) in [5.41, 5.74) is -0.393. The third kappa shape index (κ3) is 4.03. The molecule has 1 aliphatic carbocycles. The van der Waals surface area contributed by atoms with Gasteiger partial charge in [-0.3, -0.25) is 0 Å². The summed E-state index contributed by atoms with van der Waals surface area (Å²) in [6.07, 6.45) is 2.36. The highest BCUT2D eigenvalue weighted by Crippen LogP contribution is 2.36. The molecule has 1 unspecified atom stereocenters. The van der Waals surface area contributed by atoms with E-state index in [1.807, 2.05) is 25.7 Å². The summed E-state index contributed by atoms with van der Waals surface area (Å²) in [5.74, 6) is 0.695. The van der Waals surface area contributed by atoms with E-state index < -0.39 is 5.60 Å². The van der Waals surface area contributed by atoms with Gasteiger partial charge >= 0.3 is 6.09 Å². The van der Waals surface area contributed by atoms with Gasteiger partial charge in [0.25, 0.3) is 0 Å². The molecule has 1 N–H and O–H groups in total. The molecule has 0 bridgehead atoms. The van der Waals surface area contributed by atoms with E-state index in [0.29, 0.717) is 12.0 Å². The molecule has 100 valence electrons. The maximum Gasteiger partial charge on any atom is 0.410 e. The fourth-order valence-corrected chi connectivity index (χ4v) is 2.17. The Bertz CT molecular complexity index is 274. The third-order valence-electron chi connectivity index (χ3n) is 3.08. The zero-order chi connectivity index (χ0) is 11.8. The van der Waals surface area contributed by atoms with Gasteiger partial charge in [0.15, 0.2) is 0 Å². The van der Waals surface area contributed by atoms with Crippen LogP contribution in [0.5, 0.6) is 0 Å². The number of ether oxygens (including phenoxy) is 1. The van der Waals surface area contributed by atoms with Crippen molar-refractivity contribution in [2.24, 2.45) is 5.92 Å². The van der Waals surface area contributed by atoms with Crippen molar-refractivity contribution in [3.05, 3.63) is 0 Å². The lowest BCUT2D eigenvalue weighted by Crippen LogP contribution is -2.55. The lowest BCUT2D eigenvalue weighted by molar-refractivity contribution is 0.00953. The number of rotatable bonds is 1. The van der Waals surface area contributed by atoms with Crippen molar-refractivity contribution in [2.75, 3.05) is 19.6 Å². The fourth-order valence-electron chi connectivity index (χ4n) is 2.17. The standard InChI is InChI=1S/C12H22N2O2.ClH/c1-12(2,3)16-11(15)14-7-6-13-8-10(14)9-4-5-9;/h9-10,13H,4-8H2,1-3H3;1H. The second-order valence-electron chi connectivity index (χ2n) is 5.78. The smallest absolute Gasteiger partial charge is 0.410 e. The number of halogens is 1. The molecule has 17 heavy (non-hydrogen) atoms. The molecule has 0 aromatic heterocycles. The van der Waals surface area contributed by atoms with E-state index in [2.05, 4.69) is 5.32 Å². The molecule has 4 nitrogen and oxygen atoms in total. The van der Waals surface area contributed by atoms with Gasteiger partial charge in [0.2, 0.25) is 0 Å². The van der Waals surface area contributed by atoms with E-state index in [0.717, 1.165) is 19.6 Å². The lowest BCUT2D eigenvalue weighted by Gasteiger charge is -2.37. The number of nitrogens with one attached hydrogen (secondary N) is 1. The van der Waals surface area contributed by atoms with E-state index in [1.165, 1.54) is 12.8 Å². The molecule has 0 radical (unpaired) electrons. The molecule has 2 fully saturated rings. The van der Waals surface area contributed by atoms with Crippen molar-refractivity contribution in [3.63, 3.8) is 0 Å². The Morgan fingerprint density at radius 3 is 2.53 bits per heavy atom. The van der Waals surface area contributed by atoms with Crippen LogP contribution in [0, 0.1) is 5.92 Å². The van der Waals surface area contributed by atoms with Crippen LogP contribution in [0.4, 0.5) is 4.79 Å². The summed E-state index contributed by atoms with van der Waals surface area (Å²) >= 11 is 0. The largest absolute Gasteiger partial charge is 0.444 e. The van der Waals surface area contributed by atoms with Gasteiger partial charge in [-0.05, 0) is 39.5 Å². The van der Waals surface area contributed by atoms with Gasteiger partial charge in [-0.15, -0.1) is 12.4 Å². The molecule has 2 rings (SSSR count). The number of amides is 1. The lowest BCUT2D eigenvalue weighted by atomic mass is 10.1. The Labute approximate surface area is 109 Å². The maximum absolute atomic E-state index is 12.0. The number of carbonyl (C=O) groups excluding carboxylic acids is 1. The summed E-state index contributed by atoms with van der Waals surface area (Å²) in [5, 5.41) is 3.35. The van der Waals surface area contributed by atoms with Crippen LogP contribution in [0.3, 0.4) is 0 Å². The van der Waals surface area contributed by atoms with Gasteiger partial charge in [-0.1, -0.05) is 0 Å². The molecule has 1 saturated carbocycles. The summed E-state index contributed by atoms with van der Waals surface area (Å²) in [6.45, 7) is 8.32. The van der Waals surface area contributed by atoms with Crippen LogP contribution in [-0.2, 0) is 4.74 Å². The highest BCUT2D eigenvalue weighted by molar-refractivity contribution is 5.85. The van der Waals surface area contributed by atoms with Gasteiger partial charge in [-0.2, -0.15) is 0 Å². The van der Waals surface area contributed by atoms with E-state index in [-0.39, 0.29) is 18.5 Å². The summed E-state index contributed by atoms with van der Waals surface area (Å²) < 4.78 is 5.44. The monoisotopic (exact) mass is 262 g/mol. The first-order valence-electron chi connectivity index (χ1n) is 6.18. The maximum atomic E-state index is 12.0. The predicted molar refractivity (Wildman–Crippen MR) is 69.6 cm³/mol. The van der Waals surface area contributed by atoms with Crippen LogP contribution < -0.4 is 5.32 Å². The summed E-state index contributed by atoms with van der Waals surface area (Å²) in [6, 6.07) is 0.351. The second kappa shape index (κ2) is 5.44. The minimum atomic E-state index is -0.393. The zero-order valence-corrected chi connectivity index (χ0v) is 11.7. The number of hydrogen-bond acceptors (Lipinski definition) is 3. The van der Waals surface area contributed by atoms with Gasteiger partial charge in [-0.25, -0.2) is 4.79 Å². The van der Waals surface area contributed by atoms with E-state index in [4.69, 9.17) is 4.74 Å². The highest BCUT2D eigenvalue weighted by atomic mass is 35.5. The van der Waals surface area contributed by atoms with Crippen LogP contribution in [0.15, 0.2) is 0 Å². The van der Waals surface area contributed by atoms with Crippen molar-refractivity contribution in [1.29, 1.82) is 0 Å². The SMILES string of the molecule is CC(C)(C)OC(=O)N1CCNCC1C1CC1.Cl. The molecule has 1 heterocycles. The summed E-state index contributed by atoms with van der Waals surface area (Å²) in [4.78, 5) is 13.9. The van der Waals surface area contributed by atoms with Crippen molar-refractivity contribution in [2.45, 2.75) is 45.3 Å². The molecule has 0 aromatic rings. The topological polar surface area (TPSA) is 41.6 Å². The fraction of sp³-hybridized carbons (Fsp3) is 0.917. The number of piperazine rings is 1. The minimum Gasteiger partial charge on any atom is -0.444 e. The predicted octanol–water partition coefficient (Wildman–Crippen LogP) is 2.03. The average molecular weight is 263 g/mol. The molecule has 2 aliphatic rings. The highest BCUT2D eigenvalue weighted by Gasteiger charge is 2.40.